The number of alkyl halides is 3. The Balaban J connectivity index is 2.09. The minimum Gasteiger partial charge on any atom is -0.469 e. The molecule has 0 fully saturated rings. The number of anilines is 1. The van der Waals surface area contributed by atoms with Crippen molar-refractivity contribution in [1.29, 1.82) is 0 Å². The van der Waals surface area contributed by atoms with E-state index in [-0.39, 0.29) is 10.6 Å². The Labute approximate surface area is 161 Å². The van der Waals surface area contributed by atoms with E-state index < -0.39 is 41.6 Å². The minimum atomic E-state index is -4.87. The minimum absolute atomic E-state index is 0.225. The van der Waals surface area contributed by atoms with Crippen LogP contribution in [0.15, 0.2) is 40.4 Å². The van der Waals surface area contributed by atoms with Crippen molar-refractivity contribution in [1.82, 2.24) is 9.97 Å². The molecule has 0 aliphatic carbocycles. The standard InChI is InChI=1S/C17H13F3N4O3S/c1-27-11(25)6-8-7-22-15(24-13(8)17(18,19)20)12(14(21)26)16-23-9-4-2-3-5-10(9)28-16/h2-5,7,23H,6H2,1H3,(H2,21,26)/b16-12-. The molecule has 0 atom stereocenters. The van der Waals surface area contributed by atoms with E-state index in [0.717, 1.165) is 30.0 Å². The van der Waals surface area contributed by atoms with Crippen molar-refractivity contribution in [3.8, 4) is 0 Å². The first kappa shape index (κ1) is 19.7. The monoisotopic (exact) mass is 410 g/mol. The van der Waals surface area contributed by atoms with Crippen LogP contribution in [0.25, 0.3) is 5.57 Å². The summed E-state index contributed by atoms with van der Waals surface area (Å²) >= 11 is 1.13. The van der Waals surface area contributed by atoms with Gasteiger partial charge in [-0.25, -0.2) is 9.97 Å². The zero-order chi connectivity index (χ0) is 20.5. The predicted molar refractivity (Wildman–Crippen MR) is 94.8 cm³/mol. The third-order valence-corrected chi connectivity index (χ3v) is 4.83. The number of rotatable bonds is 4. The van der Waals surface area contributed by atoms with Gasteiger partial charge in [-0.1, -0.05) is 23.9 Å². The number of primary amides is 1. The Morgan fingerprint density at radius 1 is 1.29 bits per heavy atom. The van der Waals surface area contributed by atoms with Crippen LogP contribution >= 0.6 is 11.8 Å². The average molecular weight is 410 g/mol. The summed E-state index contributed by atoms with van der Waals surface area (Å²) in [7, 11) is 1.06. The van der Waals surface area contributed by atoms with E-state index in [9.17, 15) is 22.8 Å². The van der Waals surface area contributed by atoms with Crippen LogP contribution in [-0.2, 0) is 26.9 Å². The number of amides is 1. The summed E-state index contributed by atoms with van der Waals surface area (Å²) < 4.78 is 44.7. The lowest BCUT2D eigenvalue weighted by molar-refractivity contribution is -0.143. The largest absolute Gasteiger partial charge is 0.469 e. The molecular weight excluding hydrogens is 397 g/mol. The molecule has 2 heterocycles. The number of esters is 1. The normalized spacial score (nSPS) is 14.9. The summed E-state index contributed by atoms with van der Waals surface area (Å²) in [5, 5.41) is 3.16. The first-order chi connectivity index (χ1) is 13.2. The van der Waals surface area contributed by atoms with E-state index in [4.69, 9.17) is 5.73 Å². The molecule has 7 nitrogen and oxygen atoms in total. The quantitative estimate of drug-likeness (QED) is 0.589. The second-order valence-corrected chi connectivity index (χ2v) is 6.66. The van der Waals surface area contributed by atoms with Crippen LogP contribution in [0.4, 0.5) is 18.9 Å². The van der Waals surface area contributed by atoms with Crippen LogP contribution in [0.2, 0.25) is 0 Å². The highest BCUT2D eigenvalue weighted by Crippen LogP contribution is 2.43. The highest BCUT2D eigenvalue weighted by Gasteiger charge is 2.37. The van der Waals surface area contributed by atoms with E-state index in [1.165, 1.54) is 0 Å². The zero-order valence-corrected chi connectivity index (χ0v) is 15.1. The Kier molecular flexibility index (Phi) is 5.27. The number of aromatic nitrogens is 2. The third-order valence-electron chi connectivity index (χ3n) is 3.74. The van der Waals surface area contributed by atoms with Gasteiger partial charge in [-0.2, -0.15) is 13.2 Å². The summed E-state index contributed by atoms with van der Waals surface area (Å²) in [6.45, 7) is 0. The van der Waals surface area contributed by atoms with E-state index >= 15 is 0 Å². The van der Waals surface area contributed by atoms with Gasteiger partial charge in [0.05, 0.1) is 24.2 Å². The number of hydrogen-bond donors (Lipinski definition) is 2. The van der Waals surface area contributed by atoms with Crippen molar-refractivity contribution in [2.24, 2.45) is 5.73 Å². The maximum Gasteiger partial charge on any atom is 0.433 e. The molecule has 1 amide bonds. The van der Waals surface area contributed by atoms with Crippen LogP contribution in [0.1, 0.15) is 17.1 Å². The second kappa shape index (κ2) is 7.50. The zero-order valence-electron chi connectivity index (χ0n) is 14.3. The number of benzene rings is 1. The molecule has 11 heteroatoms. The molecule has 1 aliphatic rings. The van der Waals surface area contributed by atoms with Crippen LogP contribution in [0, 0.1) is 0 Å². The number of halogens is 3. The maximum atomic E-state index is 13.4. The molecule has 1 aliphatic heterocycles. The number of thioether (sulfide) groups is 1. The lowest BCUT2D eigenvalue weighted by atomic mass is 10.1. The molecule has 0 bridgehead atoms. The number of nitrogens with zero attached hydrogens (tertiary/aromatic N) is 2. The van der Waals surface area contributed by atoms with Gasteiger partial charge >= 0.3 is 12.1 Å². The molecule has 0 saturated heterocycles. The van der Waals surface area contributed by atoms with E-state index in [2.05, 4.69) is 20.0 Å². The first-order valence-electron chi connectivity index (χ1n) is 7.79. The van der Waals surface area contributed by atoms with Crippen LogP contribution in [0.3, 0.4) is 0 Å². The first-order valence-corrected chi connectivity index (χ1v) is 8.60. The lowest BCUT2D eigenvalue weighted by Gasteiger charge is -2.13. The van der Waals surface area contributed by atoms with Crippen LogP contribution in [-0.4, -0.2) is 29.0 Å². The highest BCUT2D eigenvalue weighted by atomic mass is 32.2. The molecule has 1 aromatic heterocycles. The van der Waals surface area contributed by atoms with Crippen LogP contribution < -0.4 is 11.1 Å². The number of nitrogens with one attached hydrogen (secondary N) is 1. The topological polar surface area (TPSA) is 107 Å². The molecule has 0 unspecified atom stereocenters. The van der Waals surface area contributed by atoms with Gasteiger partial charge in [0.25, 0.3) is 5.91 Å². The van der Waals surface area contributed by atoms with Gasteiger partial charge in [-0.05, 0) is 12.1 Å². The van der Waals surface area contributed by atoms with Gasteiger partial charge in [0.2, 0.25) is 0 Å². The molecule has 2 aromatic rings. The molecule has 0 spiro atoms. The molecule has 3 rings (SSSR count). The van der Waals surface area contributed by atoms with Gasteiger partial charge in [0.1, 0.15) is 5.57 Å². The summed E-state index contributed by atoms with van der Waals surface area (Å²) in [4.78, 5) is 31.5. The summed E-state index contributed by atoms with van der Waals surface area (Å²) in [6, 6.07) is 7.06. The number of ether oxygens (including phenoxy) is 1. The predicted octanol–water partition coefficient (Wildman–Crippen LogP) is 2.58. The number of carbonyl (C=O) groups excluding carboxylic acids is 2. The van der Waals surface area contributed by atoms with E-state index in [1.807, 2.05) is 0 Å². The Morgan fingerprint density at radius 3 is 2.61 bits per heavy atom. The molecule has 1 aromatic carbocycles. The fraction of sp³-hybridized carbons (Fsp3) is 0.176. The van der Waals surface area contributed by atoms with E-state index in [0.29, 0.717) is 5.69 Å². The third kappa shape index (κ3) is 3.93. The maximum absolute atomic E-state index is 13.4. The van der Waals surface area contributed by atoms with Crippen molar-refractivity contribution in [3.63, 3.8) is 0 Å². The number of fused-ring (bicyclic) bond motifs is 1. The Bertz CT molecular complexity index is 965. The second-order valence-electron chi connectivity index (χ2n) is 5.61. The number of hydrogen-bond acceptors (Lipinski definition) is 7. The number of carbonyl (C=O) groups is 2. The van der Waals surface area contributed by atoms with Gasteiger partial charge < -0.3 is 15.8 Å². The van der Waals surface area contributed by atoms with Crippen molar-refractivity contribution < 1.29 is 27.5 Å². The molecule has 0 radical (unpaired) electrons. The fourth-order valence-electron chi connectivity index (χ4n) is 2.48. The van der Waals surface area contributed by atoms with Gasteiger partial charge in [0.15, 0.2) is 11.5 Å². The SMILES string of the molecule is COC(=O)Cc1cnc(/C(C(N)=O)=C2/Nc3ccccc3S2)nc1C(F)(F)F. The number of nitrogens with two attached hydrogens (primary N) is 1. The lowest BCUT2D eigenvalue weighted by Crippen LogP contribution is -2.21. The van der Waals surface area contributed by atoms with Crippen molar-refractivity contribution in [2.45, 2.75) is 17.5 Å². The molecule has 146 valence electrons. The van der Waals surface area contributed by atoms with Gasteiger partial charge in [-0.3, -0.25) is 9.59 Å². The summed E-state index contributed by atoms with van der Waals surface area (Å²) in [5.74, 6) is -2.35. The van der Waals surface area contributed by atoms with Crippen molar-refractivity contribution >= 4 is 34.9 Å². The smallest absolute Gasteiger partial charge is 0.433 e. The Hall–Kier alpha value is -3.08. The van der Waals surface area contributed by atoms with Crippen LogP contribution in [0.5, 0.6) is 0 Å². The highest BCUT2D eigenvalue weighted by molar-refractivity contribution is 8.04. The van der Waals surface area contributed by atoms with Gasteiger partial charge in [-0.15, -0.1) is 0 Å². The Morgan fingerprint density at radius 2 is 2.00 bits per heavy atom. The fourth-order valence-corrected chi connectivity index (χ4v) is 3.53. The molecule has 3 N–H and O–H groups in total. The molecule has 0 saturated carbocycles. The summed E-state index contributed by atoms with van der Waals surface area (Å²) in [5.41, 5.74) is 4.00. The summed E-state index contributed by atoms with van der Waals surface area (Å²) in [6.07, 6.45) is -4.68. The van der Waals surface area contributed by atoms with Gasteiger partial charge in [0, 0.05) is 16.7 Å². The number of para-hydroxylation sites is 1. The van der Waals surface area contributed by atoms with Crippen molar-refractivity contribution in [2.75, 3.05) is 12.4 Å². The molecular formula is C17H13F3N4O3S. The van der Waals surface area contributed by atoms with E-state index in [1.54, 1.807) is 24.3 Å². The molecule has 28 heavy (non-hydrogen) atoms. The average Bonchev–Trinajstić information content (AvgIpc) is 3.05. The van der Waals surface area contributed by atoms with Crippen molar-refractivity contribution in [3.05, 3.63) is 52.6 Å². The number of methoxy groups -OCH3 is 1.